The fourth-order valence-electron chi connectivity index (χ4n) is 7.32. The van der Waals surface area contributed by atoms with Crippen molar-refractivity contribution in [3.8, 4) is 0 Å². The lowest BCUT2D eigenvalue weighted by Gasteiger charge is -2.62. The summed E-state index contributed by atoms with van der Waals surface area (Å²) in [5.74, 6) is 3.87. The Kier molecular flexibility index (Phi) is 4.44. The molecule has 8 atom stereocenters. The number of hydrogen-bond donors (Lipinski definition) is 1. The highest BCUT2D eigenvalue weighted by Gasteiger charge is 2.59. The summed E-state index contributed by atoms with van der Waals surface area (Å²) in [7, 11) is 0. The first-order valence-electron chi connectivity index (χ1n) is 10.2. The Balaban J connectivity index is 1.77. The topological polar surface area (TPSA) is 37.3 Å². The SMILES string of the molecule is CCC12C[C@H](C)[C@H]3[C@@H]([C@H](C)CC4=CC(=O)CC[C@@H]43)[C@@H]1CC=C(Cl)[C@@H]2O. The van der Waals surface area contributed by atoms with Crippen LogP contribution in [0, 0.1) is 40.9 Å². The first-order chi connectivity index (χ1) is 11.9. The fourth-order valence-corrected chi connectivity index (χ4v) is 7.62. The van der Waals surface area contributed by atoms with E-state index in [9.17, 15) is 9.90 Å². The molecule has 25 heavy (non-hydrogen) atoms. The van der Waals surface area contributed by atoms with Crippen molar-refractivity contribution >= 4 is 17.4 Å². The van der Waals surface area contributed by atoms with Crippen LogP contribution in [0.25, 0.3) is 0 Å². The van der Waals surface area contributed by atoms with E-state index in [1.165, 1.54) is 5.57 Å². The molecule has 0 amide bonds. The van der Waals surface area contributed by atoms with Gasteiger partial charge >= 0.3 is 0 Å². The Bertz CT molecular complexity index is 636. The molecule has 0 heterocycles. The molecule has 138 valence electrons. The van der Waals surface area contributed by atoms with Gasteiger partial charge in [0.25, 0.3) is 0 Å². The van der Waals surface area contributed by atoms with Crippen LogP contribution in [-0.4, -0.2) is 17.0 Å². The van der Waals surface area contributed by atoms with Crippen molar-refractivity contribution in [2.75, 3.05) is 0 Å². The molecule has 2 fully saturated rings. The number of hydrogen-bond acceptors (Lipinski definition) is 2. The monoisotopic (exact) mass is 362 g/mol. The molecule has 2 saturated carbocycles. The van der Waals surface area contributed by atoms with Crippen LogP contribution in [0.3, 0.4) is 0 Å². The Morgan fingerprint density at radius 2 is 2.04 bits per heavy atom. The molecular weight excluding hydrogens is 332 g/mol. The van der Waals surface area contributed by atoms with E-state index in [4.69, 9.17) is 11.6 Å². The van der Waals surface area contributed by atoms with Crippen LogP contribution >= 0.6 is 11.6 Å². The minimum absolute atomic E-state index is 0.0631. The largest absolute Gasteiger partial charge is 0.387 e. The first kappa shape index (κ1) is 17.8. The molecular formula is C22H31ClO2. The van der Waals surface area contributed by atoms with Crippen molar-refractivity contribution in [1.82, 2.24) is 0 Å². The fraction of sp³-hybridized carbons (Fsp3) is 0.773. The van der Waals surface area contributed by atoms with Crippen LogP contribution in [-0.2, 0) is 4.79 Å². The summed E-state index contributed by atoms with van der Waals surface area (Å²) < 4.78 is 0. The third kappa shape index (κ3) is 2.51. The van der Waals surface area contributed by atoms with E-state index in [1.54, 1.807) is 0 Å². The highest BCUT2D eigenvalue weighted by molar-refractivity contribution is 6.30. The van der Waals surface area contributed by atoms with E-state index >= 15 is 0 Å². The number of carbonyl (C=O) groups is 1. The summed E-state index contributed by atoms with van der Waals surface area (Å²) in [6.45, 7) is 6.99. The molecule has 4 aliphatic rings. The van der Waals surface area contributed by atoms with Gasteiger partial charge in [-0.25, -0.2) is 0 Å². The van der Waals surface area contributed by atoms with E-state index in [2.05, 4.69) is 26.8 Å². The Labute approximate surface area is 156 Å². The zero-order chi connectivity index (χ0) is 17.9. The molecule has 0 spiro atoms. The van der Waals surface area contributed by atoms with E-state index in [0.29, 0.717) is 46.3 Å². The maximum atomic E-state index is 11.9. The van der Waals surface area contributed by atoms with Crippen molar-refractivity contribution in [2.24, 2.45) is 40.9 Å². The Morgan fingerprint density at radius 3 is 2.76 bits per heavy atom. The van der Waals surface area contributed by atoms with E-state index in [1.807, 2.05) is 6.08 Å². The van der Waals surface area contributed by atoms with E-state index in [0.717, 1.165) is 38.5 Å². The molecule has 0 bridgehead atoms. The van der Waals surface area contributed by atoms with Gasteiger partial charge < -0.3 is 5.11 Å². The summed E-state index contributed by atoms with van der Waals surface area (Å²) in [5, 5.41) is 11.7. The van der Waals surface area contributed by atoms with Crippen molar-refractivity contribution in [1.29, 1.82) is 0 Å². The van der Waals surface area contributed by atoms with Gasteiger partial charge in [0, 0.05) is 16.9 Å². The summed E-state index contributed by atoms with van der Waals surface area (Å²) in [4.78, 5) is 11.9. The molecule has 0 aromatic rings. The van der Waals surface area contributed by atoms with Gasteiger partial charge in [-0.2, -0.15) is 0 Å². The number of fused-ring (bicyclic) bond motifs is 5. The molecule has 1 N–H and O–H groups in total. The minimum Gasteiger partial charge on any atom is -0.387 e. The number of aliphatic hydroxyl groups is 1. The highest BCUT2D eigenvalue weighted by atomic mass is 35.5. The smallest absolute Gasteiger partial charge is 0.155 e. The Morgan fingerprint density at radius 1 is 1.28 bits per heavy atom. The van der Waals surface area contributed by atoms with Gasteiger partial charge in [-0.05, 0) is 73.7 Å². The molecule has 4 rings (SSSR count). The van der Waals surface area contributed by atoms with Gasteiger partial charge in [0.05, 0.1) is 6.10 Å². The lowest BCUT2D eigenvalue weighted by Crippen LogP contribution is -2.58. The second kappa shape index (κ2) is 6.23. The molecule has 2 nitrogen and oxygen atoms in total. The van der Waals surface area contributed by atoms with Crippen LogP contribution < -0.4 is 0 Å². The maximum Gasteiger partial charge on any atom is 0.155 e. The molecule has 0 aliphatic heterocycles. The van der Waals surface area contributed by atoms with Gasteiger partial charge in [-0.1, -0.05) is 44.0 Å². The second-order valence-electron chi connectivity index (χ2n) is 9.27. The van der Waals surface area contributed by atoms with Gasteiger partial charge in [-0.15, -0.1) is 0 Å². The normalized spacial score (nSPS) is 49.5. The quantitative estimate of drug-likeness (QED) is 0.704. The number of aliphatic hydroxyl groups excluding tert-OH is 1. The van der Waals surface area contributed by atoms with Gasteiger partial charge in [0.1, 0.15) is 0 Å². The van der Waals surface area contributed by atoms with E-state index in [-0.39, 0.29) is 5.41 Å². The van der Waals surface area contributed by atoms with E-state index < -0.39 is 6.10 Å². The molecule has 0 aromatic carbocycles. The van der Waals surface area contributed by atoms with Crippen LogP contribution in [0.4, 0.5) is 0 Å². The van der Waals surface area contributed by atoms with Crippen LogP contribution in [0.15, 0.2) is 22.8 Å². The van der Waals surface area contributed by atoms with Crippen LogP contribution in [0.2, 0.25) is 0 Å². The predicted molar refractivity (Wildman–Crippen MR) is 101 cm³/mol. The number of rotatable bonds is 1. The van der Waals surface area contributed by atoms with Crippen molar-refractivity contribution in [3.05, 3.63) is 22.8 Å². The molecule has 1 unspecified atom stereocenters. The zero-order valence-electron chi connectivity index (χ0n) is 15.7. The maximum absolute atomic E-state index is 11.9. The molecule has 3 heteroatoms. The van der Waals surface area contributed by atoms with Gasteiger partial charge in [0.15, 0.2) is 5.78 Å². The Hall–Kier alpha value is -0.600. The number of ketones is 1. The van der Waals surface area contributed by atoms with Gasteiger partial charge in [0.2, 0.25) is 0 Å². The third-order valence-corrected chi connectivity index (χ3v) is 8.60. The van der Waals surface area contributed by atoms with Crippen LogP contribution in [0.1, 0.15) is 59.3 Å². The summed E-state index contributed by atoms with van der Waals surface area (Å²) >= 11 is 6.41. The van der Waals surface area contributed by atoms with Crippen molar-refractivity contribution in [3.63, 3.8) is 0 Å². The van der Waals surface area contributed by atoms with Crippen molar-refractivity contribution < 1.29 is 9.90 Å². The first-order valence-corrected chi connectivity index (χ1v) is 10.5. The minimum atomic E-state index is -0.501. The summed E-state index contributed by atoms with van der Waals surface area (Å²) in [6.07, 6.45) is 9.44. The lowest BCUT2D eigenvalue weighted by atomic mass is 9.43. The van der Waals surface area contributed by atoms with Crippen LogP contribution in [0.5, 0.6) is 0 Å². The molecule has 0 radical (unpaired) electrons. The van der Waals surface area contributed by atoms with Gasteiger partial charge in [-0.3, -0.25) is 4.79 Å². The lowest BCUT2D eigenvalue weighted by molar-refractivity contribution is -0.135. The average molecular weight is 363 g/mol. The zero-order valence-corrected chi connectivity index (χ0v) is 16.4. The highest BCUT2D eigenvalue weighted by Crippen LogP contribution is 2.64. The summed E-state index contributed by atoms with van der Waals surface area (Å²) in [6, 6.07) is 0. The number of carbonyl (C=O) groups excluding carboxylic acids is 1. The average Bonchev–Trinajstić information content (AvgIpc) is 2.58. The third-order valence-electron chi connectivity index (χ3n) is 8.24. The molecule has 0 aromatic heterocycles. The summed E-state index contributed by atoms with van der Waals surface area (Å²) in [5.41, 5.74) is 1.36. The second-order valence-corrected chi connectivity index (χ2v) is 9.71. The number of allylic oxidation sites excluding steroid dienone is 3. The van der Waals surface area contributed by atoms with Crippen molar-refractivity contribution in [2.45, 2.75) is 65.4 Å². The predicted octanol–water partition coefficient (Wildman–Crippen LogP) is 5.10. The number of halogens is 1. The molecule has 0 saturated heterocycles. The molecule has 4 aliphatic carbocycles. The standard InChI is InChI=1S/C22H31ClO2/c1-4-22-11-13(3)19-16-6-5-15(24)10-14(16)9-12(2)20(19)17(22)7-8-18(23)21(22)25/h8,10,12-13,16-17,19-21,25H,4-7,9,11H2,1-3H3/t12-,13+,16+,17+,19-,20+,21+,22?/m1/s1.